The summed E-state index contributed by atoms with van der Waals surface area (Å²) in [6.07, 6.45) is 2.97. The number of ether oxygens (including phenoxy) is 1. The molecule has 3 rings (SSSR count). The first-order valence-electron chi connectivity index (χ1n) is 8.51. The average Bonchev–Trinajstić information content (AvgIpc) is 2.94. The molecule has 5 nitrogen and oxygen atoms in total. The Labute approximate surface area is 147 Å². The largest absolute Gasteiger partial charge is 0.444 e. The average molecular weight is 347 g/mol. The highest BCUT2D eigenvalue weighted by atomic mass is 32.1. The molecule has 1 aromatic heterocycles. The third kappa shape index (κ3) is 4.17. The van der Waals surface area contributed by atoms with E-state index >= 15 is 0 Å². The molecule has 1 atom stereocenters. The SMILES string of the molecule is CC(C)(C)OC(=O)N1CCCCC1CNc1nc2ccccc2s1. The first kappa shape index (κ1) is 17.0. The zero-order valence-electron chi connectivity index (χ0n) is 14.5. The fourth-order valence-electron chi connectivity index (χ4n) is 2.93. The number of anilines is 1. The van der Waals surface area contributed by atoms with Crippen LogP contribution in [0.5, 0.6) is 0 Å². The van der Waals surface area contributed by atoms with Crippen molar-refractivity contribution < 1.29 is 9.53 Å². The standard InChI is InChI=1S/C18H25N3O2S/c1-18(2,3)23-17(22)21-11-7-6-8-13(21)12-19-16-20-14-9-4-5-10-15(14)24-16/h4-5,9-10,13H,6-8,11-12H2,1-3H3,(H,19,20). The second-order valence-corrected chi connectivity index (χ2v) is 8.22. The van der Waals surface area contributed by atoms with Crippen LogP contribution in [0.2, 0.25) is 0 Å². The van der Waals surface area contributed by atoms with Crippen molar-refractivity contribution in [2.24, 2.45) is 0 Å². The summed E-state index contributed by atoms with van der Waals surface area (Å²) in [4.78, 5) is 18.9. The van der Waals surface area contributed by atoms with Crippen molar-refractivity contribution in [1.82, 2.24) is 9.88 Å². The molecule has 1 aromatic carbocycles. The topological polar surface area (TPSA) is 54.5 Å². The lowest BCUT2D eigenvalue weighted by Gasteiger charge is -2.36. The number of thiazole rings is 1. The van der Waals surface area contributed by atoms with Gasteiger partial charge in [-0.15, -0.1) is 0 Å². The lowest BCUT2D eigenvalue weighted by molar-refractivity contribution is 0.0114. The normalized spacial score (nSPS) is 18.6. The maximum Gasteiger partial charge on any atom is 0.410 e. The van der Waals surface area contributed by atoms with E-state index in [1.165, 1.54) is 4.70 Å². The van der Waals surface area contributed by atoms with Crippen molar-refractivity contribution in [2.75, 3.05) is 18.4 Å². The van der Waals surface area contributed by atoms with E-state index in [-0.39, 0.29) is 12.1 Å². The summed E-state index contributed by atoms with van der Waals surface area (Å²) in [6, 6.07) is 8.27. The number of fused-ring (bicyclic) bond motifs is 1. The number of amides is 1. The van der Waals surface area contributed by atoms with Gasteiger partial charge in [-0.25, -0.2) is 9.78 Å². The molecule has 6 heteroatoms. The van der Waals surface area contributed by atoms with E-state index in [1.807, 2.05) is 43.9 Å². The fraction of sp³-hybridized carbons (Fsp3) is 0.556. The predicted molar refractivity (Wildman–Crippen MR) is 98.7 cm³/mol. The first-order chi connectivity index (χ1) is 11.4. The highest BCUT2D eigenvalue weighted by molar-refractivity contribution is 7.22. The molecule has 1 N–H and O–H groups in total. The van der Waals surface area contributed by atoms with E-state index in [0.717, 1.165) is 36.5 Å². The predicted octanol–water partition coefficient (Wildman–Crippen LogP) is 4.50. The Morgan fingerprint density at radius 2 is 2.17 bits per heavy atom. The number of nitrogens with zero attached hydrogens (tertiary/aromatic N) is 2. The minimum atomic E-state index is -0.459. The van der Waals surface area contributed by atoms with Gasteiger partial charge >= 0.3 is 6.09 Å². The van der Waals surface area contributed by atoms with Gasteiger partial charge in [-0.3, -0.25) is 0 Å². The highest BCUT2D eigenvalue weighted by Gasteiger charge is 2.30. The van der Waals surface area contributed by atoms with Crippen LogP contribution in [0.4, 0.5) is 9.93 Å². The van der Waals surface area contributed by atoms with Crippen LogP contribution < -0.4 is 5.32 Å². The van der Waals surface area contributed by atoms with Crippen molar-refractivity contribution in [2.45, 2.75) is 51.7 Å². The number of hydrogen-bond acceptors (Lipinski definition) is 5. The molecule has 24 heavy (non-hydrogen) atoms. The number of likely N-dealkylation sites (tertiary alicyclic amines) is 1. The lowest BCUT2D eigenvalue weighted by atomic mass is 10.0. The van der Waals surface area contributed by atoms with E-state index in [9.17, 15) is 4.79 Å². The number of hydrogen-bond donors (Lipinski definition) is 1. The zero-order valence-corrected chi connectivity index (χ0v) is 15.4. The smallest absolute Gasteiger partial charge is 0.410 e. The van der Waals surface area contributed by atoms with E-state index in [1.54, 1.807) is 11.3 Å². The van der Waals surface area contributed by atoms with Crippen molar-refractivity contribution in [3.05, 3.63) is 24.3 Å². The van der Waals surface area contributed by atoms with Gasteiger partial charge in [0.15, 0.2) is 5.13 Å². The van der Waals surface area contributed by atoms with Gasteiger partial charge in [-0.2, -0.15) is 0 Å². The summed E-state index contributed by atoms with van der Waals surface area (Å²) in [5, 5.41) is 4.32. The molecular formula is C18H25N3O2S. The summed E-state index contributed by atoms with van der Waals surface area (Å²) in [7, 11) is 0. The van der Waals surface area contributed by atoms with Gasteiger partial charge < -0.3 is 15.0 Å². The highest BCUT2D eigenvalue weighted by Crippen LogP contribution is 2.26. The number of aromatic nitrogens is 1. The zero-order chi connectivity index (χ0) is 17.2. The van der Waals surface area contributed by atoms with E-state index in [4.69, 9.17) is 4.74 Å². The molecule has 0 aliphatic carbocycles. The molecular weight excluding hydrogens is 322 g/mol. The third-order valence-corrected chi connectivity index (χ3v) is 5.03. The maximum atomic E-state index is 12.4. The Morgan fingerprint density at radius 3 is 2.92 bits per heavy atom. The molecule has 1 unspecified atom stereocenters. The van der Waals surface area contributed by atoms with Gasteiger partial charge in [-0.05, 0) is 52.2 Å². The van der Waals surface area contributed by atoms with Crippen LogP contribution in [0, 0.1) is 0 Å². The second kappa shape index (κ2) is 6.97. The Hall–Kier alpha value is -1.82. The van der Waals surface area contributed by atoms with Gasteiger partial charge in [0.05, 0.1) is 16.3 Å². The summed E-state index contributed by atoms with van der Waals surface area (Å²) in [6.45, 7) is 7.19. The third-order valence-electron chi connectivity index (χ3n) is 4.04. The summed E-state index contributed by atoms with van der Waals surface area (Å²) in [5.74, 6) is 0. The minimum Gasteiger partial charge on any atom is -0.444 e. The van der Waals surface area contributed by atoms with Crippen LogP contribution in [0.3, 0.4) is 0 Å². The van der Waals surface area contributed by atoms with Gasteiger partial charge in [0.1, 0.15) is 5.60 Å². The molecule has 1 saturated heterocycles. The molecule has 0 spiro atoms. The molecule has 1 aliphatic rings. The molecule has 0 bridgehead atoms. The van der Waals surface area contributed by atoms with Crippen molar-refractivity contribution in [3.8, 4) is 0 Å². The first-order valence-corrected chi connectivity index (χ1v) is 9.33. The molecule has 2 heterocycles. The van der Waals surface area contributed by atoms with Crippen LogP contribution in [0.15, 0.2) is 24.3 Å². The van der Waals surface area contributed by atoms with E-state index < -0.39 is 5.60 Å². The molecule has 1 aliphatic heterocycles. The van der Waals surface area contributed by atoms with Crippen LogP contribution >= 0.6 is 11.3 Å². The number of rotatable bonds is 3. The number of nitrogens with one attached hydrogen (secondary N) is 1. The van der Waals surface area contributed by atoms with Crippen LogP contribution in [-0.4, -0.2) is 40.7 Å². The fourth-order valence-corrected chi connectivity index (χ4v) is 3.80. The Morgan fingerprint density at radius 1 is 1.38 bits per heavy atom. The number of carbonyl (C=O) groups is 1. The van der Waals surface area contributed by atoms with Gasteiger partial charge in [0.25, 0.3) is 0 Å². The lowest BCUT2D eigenvalue weighted by Crippen LogP contribution is -2.48. The van der Waals surface area contributed by atoms with Crippen LogP contribution in [0.1, 0.15) is 40.0 Å². The van der Waals surface area contributed by atoms with Crippen LogP contribution in [0.25, 0.3) is 10.2 Å². The minimum absolute atomic E-state index is 0.153. The van der Waals surface area contributed by atoms with Gasteiger partial charge in [0, 0.05) is 13.1 Å². The molecule has 130 valence electrons. The number of benzene rings is 1. The number of para-hydroxylation sites is 1. The molecule has 1 fully saturated rings. The number of piperidine rings is 1. The van der Waals surface area contributed by atoms with Gasteiger partial charge in [0.2, 0.25) is 0 Å². The van der Waals surface area contributed by atoms with Crippen LogP contribution in [-0.2, 0) is 4.74 Å². The molecule has 0 saturated carbocycles. The van der Waals surface area contributed by atoms with Crippen molar-refractivity contribution >= 4 is 32.8 Å². The Balaban J connectivity index is 1.64. The van der Waals surface area contributed by atoms with Crippen molar-refractivity contribution in [3.63, 3.8) is 0 Å². The van der Waals surface area contributed by atoms with E-state index in [0.29, 0.717) is 6.54 Å². The maximum absolute atomic E-state index is 12.4. The second-order valence-electron chi connectivity index (χ2n) is 7.19. The quantitative estimate of drug-likeness (QED) is 0.888. The van der Waals surface area contributed by atoms with Gasteiger partial charge in [-0.1, -0.05) is 23.5 Å². The summed E-state index contributed by atoms with van der Waals surface area (Å²) in [5.41, 5.74) is 0.553. The molecule has 0 radical (unpaired) electrons. The van der Waals surface area contributed by atoms with Crippen molar-refractivity contribution in [1.29, 1.82) is 0 Å². The molecule has 1 amide bonds. The summed E-state index contributed by atoms with van der Waals surface area (Å²) >= 11 is 1.65. The Kier molecular flexibility index (Phi) is 4.94. The summed E-state index contributed by atoms with van der Waals surface area (Å²) < 4.78 is 6.73. The Bertz CT molecular complexity index is 675. The monoisotopic (exact) mass is 347 g/mol. The molecule has 2 aromatic rings. The number of carbonyl (C=O) groups excluding carboxylic acids is 1. The van der Waals surface area contributed by atoms with E-state index in [2.05, 4.69) is 16.4 Å².